The summed E-state index contributed by atoms with van der Waals surface area (Å²) < 4.78 is 25.7. The quantitative estimate of drug-likeness (QED) is 0.450. The molecule has 30 heavy (non-hydrogen) atoms. The second-order valence-electron chi connectivity index (χ2n) is 6.99. The number of para-hydroxylation sites is 1. The SMILES string of the molecule is Cc1ccnc(Nc2cc(Nc3ccccc3S(C)(=O)=O)c3c(=O)n(C)[nH]c3n2)c1. The molecule has 4 aromatic rings. The fraction of sp³-hybridized carbons (Fsp3) is 0.150. The summed E-state index contributed by atoms with van der Waals surface area (Å²) in [6.45, 7) is 1.95. The third-order valence-corrected chi connectivity index (χ3v) is 5.69. The molecule has 4 rings (SSSR count). The van der Waals surface area contributed by atoms with Crippen LogP contribution in [0.3, 0.4) is 0 Å². The maximum absolute atomic E-state index is 12.6. The van der Waals surface area contributed by atoms with Gasteiger partial charge in [0, 0.05) is 25.6 Å². The van der Waals surface area contributed by atoms with E-state index in [1.807, 2.05) is 19.1 Å². The first-order valence-corrected chi connectivity index (χ1v) is 11.0. The van der Waals surface area contributed by atoms with Gasteiger partial charge < -0.3 is 10.6 Å². The molecule has 1 aromatic carbocycles. The number of hydrogen-bond donors (Lipinski definition) is 3. The molecule has 0 aliphatic rings. The van der Waals surface area contributed by atoms with Crippen molar-refractivity contribution < 1.29 is 8.42 Å². The van der Waals surface area contributed by atoms with Crippen molar-refractivity contribution in [1.82, 2.24) is 19.7 Å². The Morgan fingerprint density at radius 2 is 1.80 bits per heavy atom. The van der Waals surface area contributed by atoms with E-state index in [1.54, 1.807) is 37.5 Å². The van der Waals surface area contributed by atoms with E-state index < -0.39 is 9.84 Å². The number of aromatic nitrogens is 4. The standard InChI is InChI=1S/C20H20N6O3S/c1-12-8-9-21-16(10-12)23-17-11-14(18-19(24-17)25-26(2)20(18)27)22-13-6-4-5-7-15(13)30(3,28)29/h4-11H,1-3H3,(H3,21,22,23,24,25). The van der Waals surface area contributed by atoms with Gasteiger partial charge in [-0.3, -0.25) is 14.6 Å². The highest BCUT2D eigenvalue weighted by Gasteiger charge is 2.17. The second kappa shape index (κ2) is 7.30. The summed E-state index contributed by atoms with van der Waals surface area (Å²) in [5.41, 5.74) is 1.90. The van der Waals surface area contributed by atoms with E-state index in [0.29, 0.717) is 34.0 Å². The molecule has 0 bridgehead atoms. The third kappa shape index (κ3) is 3.77. The smallest absolute Gasteiger partial charge is 0.277 e. The lowest BCUT2D eigenvalue weighted by Gasteiger charge is -2.13. The minimum Gasteiger partial charge on any atom is -0.354 e. The first-order valence-electron chi connectivity index (χ1n) is 9.08. The Kier molecular flexibility index (Phi) is 4.78. The third-order valence-electron chi connectivity index (χ3n) is 4.54. The van der Waals surface area contributed by atoms with Crippen LogP contribution >= 0.6 is 0 Å². The Bertz CT molecular complexity index is 1420. The monoisotopic (exact) mass is 424 g/mol. The van der Waals surface area contributed by atoms with Gasteiger partial charge in [0.15, 0.2) is 15.5 Å². The predicted octanol–water partition coefficient (Wildman–Crippen LogP) is 2.86. The van der Waals surface area contributed by atoms with Crippen molar-refractivity contribution in [2.24, 2.45) is 7.05 Å². The molecule has 9 nitrogen and oxygen atoms in total. The molecular weight excluding hydrogens is 404 g/mol. The van der Waals surface area contributed by atoms with Crippen molar-refractivity contribution in [3.05, 3.63) is 64.6 Å². The van der Waals surface area contributed by atoms with Crippen LogP contribution in [0, 0.1) is 6.92 Å². The molecule has 3 aromatic heterocycles. The Hall–Kier alpha value is -3.66. The molecule has 0 fully saturated rings. The van der Waals surface area contributed by atoms with E-state index in [4.69, 9.17) is 0 Å². The van der Waals surface area contributed by atoms with Crippen LogP contribution < -0.4 is 16.2 Å². The minimum atomic E-state index is -3.47. The summed E-state index contributed by atoms with van der Waals surface area (Å²) in [6, 6.07) is 11.9. The molecule has 0 atom stereocenters. The lowest BCUT2D eigenvalue weighted by atomic mass is 10.2. The Morgan fingerprint density at radius 3 is 2.53 bits per heavy atom. The first kappa shape index (κ1) is 19.6. The molecular formula is C20H20N6O3S. The summed E-state index contributed by atoms with van der Waals surface area (Å²) in [6.07, 6.45) is 2.82. The molecule has 0 saturated carbocycles. The zero-order valence-corrected chi connectivity index (χ0v) is 17.4. The van der Waals surface area contributed by atoms with Gasteiger partial charge in [-0.25, -0.2) is 18.4 Å². The zero-order valence-electron chi connectivity index (χ0n) is 16.6. The van der Waals surface area contributed by atoms with Gasteiger partial charge in [0.1, 0.15) is 17.0 Å². The van der Waals surface area contributed by atoms with E-state index in [9.17, 15) is 13.2 Å². The molecule has 0 spiro atoms. The van der Waals surface area contributed by atoms with Gasteiger partial charge in [-0.2, -0.15) is 0 Å². The number of hydrogen-bond acceptors (Lipinski definition) is 7. The van der Waals surface area contributed by atoms with Gasteiger partial charge in [0.25, 0.3) is 5.56 Å². The zero-order chi connectivity index (χ0) is 21.5. The Morgan fingerprint density at radius 1 is 1.03 bits per heavy atom. The number of fused-ring (bicyclic) bond motifs is 1. The van der Waals surface area contributed by atoms with E-state index in [1.165, 1.54) is 10.7 Å². The molecule has 10 heteroatoms. The van der Waals surface area contributed by atoms with Crippen LogP contribution in [0.5, 0.6) is 0 Å². The van der Waals surface area contributed by atoms with Gasteiger partial charge in [0.05, 0.1) is 16.3 Å². The lowest BCUT2D eigenvalue weighted by molar-refractivity contribution is 0.602. The van der Waals surface area contributed by atoms with Gasteiger partial charge >= 0.3 is 0 Å². The van der Waals surface area contributed by atoms with E-state index >= 15 is 0 Å². The summed E-state index contributed by atoms with van der Waals surface area (Å²) in [5, 5.41) is 9.46. The largest absolute Gasteiger partial charge is 0.354 e. The minimum absolute atomic E-state index is 0.136. The number of sulfone groups is 1. The molecule has 0 saturated heterocycles. The van der Waals surface area contributed by atoms with Gasteiger partial charge in [0.2, 0.25) is 0 Å². The van der Waals surface area contributed by atoms with Crippen LogP contribution in [0.15, 0.2) is 58.4 Å². The molecule has 0 unspecified atom stereocenters. The van der Waals surface area contributed by atoms with E-state index in [2.05, 4.69) is 25.7 Å². The normalized spacial score (nSPS) is 11.6. The van der Waals surface area contributed by atoms with Gasteiger partial charge in [-0.05, 0) is 36.8 Å². The van der Waals surface area contributed by atoms with Crippen molar-refractivity contribution in [1.29, 1.82) is 0 Å². The number of pyridine rings is 2. The number of aromatic amines is 1. The Labute approximate surface area is 172 Å². The molecule has 3 N–H and O–H groups in total. The molecule has 0 aliphatic carbocycles. The van der Waals surface area contributed by atoms with Crippen molar-refractivity contribution in [2.75, 3.05) is 16.9 Å². The molecule has 0 amide bonds. The Balaban J connectivity index is 1.85. The number of aryl methyl sites for hydroxylation is 2. The number of nitrogens with zero attached hydrogens (tertiary/aromatic N) is 3. The van der Waals surface area contributed by atoms with Gasteiger partial charge in [-0.1, -0.05) is 12.1 Å². The van der Waals surface area contributed by atoms with Crippen LogP contribution in [-0.4, -0.2) is 34.4 Å². The number of anilines is 4. The summed E-state index contributed by atoms with van der Waals surface area (Å²) >= 11 is 0. The average molecular weight is 424 g/mol. The molecule has 0 radical (unpaired) electrons. The number of rotatable bonds is 5. The fourth-order valence-electron chi connectivity index (χ4n) is 3.16. The number of benzene rings is 1. The fourth-order valence-corrected chi connectivity index (χ4v) is 4.00. The van der Waals surface area contributed by atoms with E-state index in [0.717, 1.165) is 11.8 Å². The molecule has 154 valence electrons. The van der Waals surface area contributed by atoms with Crippen molar-refractivity contribution >= 4 is 43.9 Å². The van der Waals surface area contributed by atoms with Gasteiger partial charge in [-0.15, -0.1) is 0 Å². The summed E-state index contributed by atoms with van der Waals surface area (Å²) in [7, 11) is -1.88. The van der Waals surface area contributed by atoms with Crippen molar-refractivity contribution in [3.8, 4) is 0 Å². The van der Waals surface area contributed by atoms with Crippen LogP contribution in [0.25, 0.3) is 11.0 Å². The van der Waals surface area contributed by atoms with Crippen LogP contribution in [0.1, 0.15) is 5.56 Å². The second-order valence-corrected chi connectivity index (χ2v) is 8.98. The van der Waals surface area contributed by atoms with E-state index in [-0.39, 0.29) is 10.5 Å². The maximum atomic E-state index is 12.6. The first-order chi connectivity index (χ1) is 14.2. The average Bonchev–Trinajstić information content (AvgIpc) is 2.95. The van der Waals surface area contributed by atoms with Crippen LogP contribution in [0.4, 0.5) is 23.0 Å². The predicted molar refractivity (Wildman–Crippen MR) is 116 cm³/mol. The van der Waals surface area contributed by atoms with Crippen molar-refractivity contribution in [3.63, 3.8) is 0 Å². The lowest BCUT2D eigenvalue weighted by Crippen LogP contribution is -2.12. The van der Waals surface area contributed by atoms with Crippen LogP contribution in [-0.2, 0) is 16.9 Å². The maximum Gasteiger partial charge on any atom is 0.277 e. The molecule has 3 heterocycles. The summed E-state index contributed by atoms with van der Waals surface area (Å²) in [4.78, 5) is 21.5. The highest BCUT2D eigenvalue weighted by atomic mass is 32.2. The van der Waals surface area contributed by atoms with Crippen molar-refractivity contribution in [2.45, 2.75) is 11.8 Å². The summed E-state index contributed by atoms with van der Waals surface area (Å²) in [5.74, 6) is 1.05. The highest BCUT2D eigenvalue weighted by molar-refractivity contribution is 7.90. The number of H-pyrrole nitrogens is 1. The molecule has 0 aliphatic heterocycles. The topological polar surface area (TPSA) is 122 Å². The van der Waals surface area contributed by atoms with Crippen LogP contribution in [0.2, 0.25) is 0 Å². The highest BCUT2D eigenvalue weighted by Crippen LogP contribution is 2.30. The number of nitrogens with one attached hydrogen (secondary N) is 3.